The molecule has 0 heterocycles. The number of unbranched alkanes of at least 4 members (excludes halogenated alkanes) is 15. The first-order chi connectivity index (χ1) is 34.0. The number of carbonyl (C=O) groups excluding carboxylic acids is 3. The summed E-state index contributed by atoms with van der Waals surface area (Å²) in [6, 6.07) is 0. The first-order valence-electron chi connectivity index (χ1n) is 27.7. The Bertz CT molecular complexity index is 1510. The molecular weight excluding hydrogens is 853 g/mol. The molecular formula is C63H100O6. The Labute approximate surface area is 424 Å². The largest absolute Gasteiger partial charge is 0.462 e. The average molecular weight is 953 g/mol. The Balaban J connectivity index is 4.62. The van der Waals surface area contributed by atoms with Gasteiger partial charge in [-0.25, -0.2) is 0 Å². The van der Waals surface area contributed by atoms with Crippen molar-refractivity contribution < 1.29 is 28.6 Å². The maximum atomic E-state index is 12.8. The molecule has 0 saturated carbocycles. The summed E-state index contributed by atoms with van der Waals surface area (Å²) >= 11 is 0. The molecule has 0 bridgehead atoms. The van der Waals surface area contributed by atoms with Gasteiger partial charge in [-0.15, -0.1) is 0 Å². The molecule has 0 amide bonds. The van der Waals surface area contributed by atoms with Gasteiger partial charge in [0.05, 0.1) is 0 Å². The Kier molecular flexibility index (Phi) is 52.5. The summed E-state index contributed by atoms with van der Waals surface area (Å²) in [6.45, 7) is 6.36. The first kappa shape index (κ1) is 64.5. The van der Waals surface area contributed by atoms with Gasteiger partial charge in [-0.1, -0.05) is 219 Å². The van der Waals surface area contributed by atoms with Gasteiger partial charge < -0.3 is 14.2 Å². The Hall–Kier alpha value is -4.45. The maximum absolute atomic E-state index is 12.8. The van der Waals surface area contributed by atoms with E-state index in [2.05, 4.69) is 142 Å². The van der Waals surface area contributed by atoms with Crippen LogP contribution < -0.4 is 0 Å². The predicted octanol–water partition coefficient (Wildman–Crippen LogP) is 18.6. The molecule has 69 heavy (non-hydrogen) atoms. The molecule has 0 fully saturated rings. The summed E-state index contributed by atoms with van der Waals surface area (Å²) in [5, 5.41) is 0. The molecule has 1 atom stereocenters. The number of esters is 3. The predicted molar refractivity (Wildman–Crippen MR) is 297 cm³/mol. The van der Waals surface area contributed by atoms with E-state index in [1.165, 1.54) is 89.9 Å². The summed E-state index contributed by atoms with van der Waals surface area (Å²) in [7, 11) is 0. The minimum absolute atomic E-state index is 0.130. The molecule has 0 aliphatic rings. The number of ether oxygens (including phenoxy) is 3. The fraction of sp³-hybridized carbons (Fsp3) is 0.603. The van der Waals surface area contributed by atoms with E-state index in [-0.39, 0.29) is 44.0 Å². The number of hydrogen-bond donors (Lipinski definition) is 0. The molecule has 0 spiro atoms. The van der Waals surface area contributed by atoms with Gasteiger partial charge >= 0.3 is 17.9 Å². The van der Waals surface area contributed by atoms with Crippen LogP contribution in [0, 0.1) is 0 Å². The van der Waals surface area contributed by atoms with Gasteiger partial charge in [-0.05, 0) is 122 Å². The lowest BCUT2D eigenvalue weighted by Gasteiger charge is -2.18. The van der Waals surface area contributed by atoms with Crippen LogP contribution in [-0.4, -0.2) is 37.2 Å². The van der Waals surface area contributed by atoms with E-state index >= 15 is 0 Å². The molecule has 0 radical (unpaired) electrons. The zero-order chi connectivity index (χ0) is 50.0. The van der Waals surface area contributed by atoms with E-state index in [9.17, 15) is 14.4 Å². The van der Waals surface area contributed by atoms with Crippen LogP contribution in [0.3, 0.4) is 0 Å². The van der Waals surface area contributed by atoms with E-state index < -0.39 is 6.10 Å². The summed E-state index contributed by atoms with van der Waals surface area (Å²) in [5.74, 6) is -1.09. The highest BCUT2D eigenvalue weighted by Crippen LogP contribution is 2.12. The molecule has 0 aromatic heterocycles. The number of allylic oxidation sites excluding steroid dienone is 22. The average Bonchev–Trinajstić information content (AvgIpc) is 3.35. The van der Waals surface area contributed by atoms with Crippen LogP contribution in [0.15, 0.2) is 134 Å². The van der Waals surface area contributed by atoms with Crippen molar-refractivity contribution in [3.63, 3.8) is 0 Å². The van der Waals surface area contributed by atoms with Gasteiger partial charge in [0.15, 0.2) is 6.10 Å². The Morgan fingerprint density at radius 2 is 0.609 bits per heavy atom. The molecule has 6 nitrogen and oxygen atoms in total. The molecule has 0 rings (SSSR count). The van der Waals surface area contributed by atoms with Gasteiger partial charge in [0, 0.05) is 19.3 Å². The maximum Gasteiger partial charge on any atom is 0.306 e. The van der Waals surface area contributed by atoms with Gasteiger partial charge in [-0.3, -0.25) is 14.4 Å². The van der Waals surface area contributed by atoms with Crippen molar-refractivity contribution in [1.29, 1.82) is 0 Å². The van der Waals surface area contributed by atoms with E-state index in [1.807, 2.05) is 12.2 Å². The monoisotopic (exact) mass is 953 g/mol. The van der Waals surface area contributed by atoms with Crippen molar-refractivity contribution in [2.75, 3.05) is 13.2 Å². The van der Waals surface area contributed by atoms with Crippen LogP contribution in [0.25, 0.3) is 0 Å². The van der Waals surface area contributed by atoms with Crippen LogP contribution in [-0.2, 0) is 28.6 Å². The zero-order valence-electron chi connectivity index (χ0n) is 44.3. The van der Waals surface area contributed by atoms with Crippen molar-refractivity contribution in [1.82, 2.24) is 0 Å². The van der Waals surface area contributed by atoms with Gasteiger partial charge in [-0.2, -0.15) is 0 Å². The van der Waals surface area contributed by atoms with E-state index in [0.717, 1.165) is 83.5 Å². The lowest BCUT2D eigenvalue weighted by Crippen LogP contribution is -2.30. The summed E-state index contributed by atoms with van der Waals surface area (Å²) in [5.41, 5.74) is 0. The standard InChI is InChI=1S/C63H100O6/c1-4-7-10-13-16-19-22-25-28-30-31-33-35-38-41-44-47-50-53-56-62(65)68-59-60(58-67-61(64)55-52-49-46-43-40-37-34-27-24-21-18-15-12-9-6-3)69-63(66)57-54-51-48-45-42-39-36-32-29-26-23-20-17-14-11-8-5-2/h7,10,16-17,19-21,24-26,28-29,31,33,36,38-39,41,45,47-48,50,60H,4-6,8-9,11-15,18,22-23,27,30,32,34-35,37,40,42-44,46,49,51-59H2,1-3H3/b10-7+,19-16+,20-17+,24-21+,28-25+,29-26+,33-31+,39-36+,41-38+,48-45+,50-47+/t60-/m1/s1. The number of hydrogen-bond acceptors (Lipinski definition) is 6. The highest BCUT2D eigenvalue weighted by Gasteiger charge is 2.19. The molecule has 0 aromatic rings. The second-order valence-electron chi connectivity index (χ2n) is 17.7. The van der Waals surface area contributed by atoms with Crippen LogP contribution >= 0.6 is 0 Å². The first-order valence-corrected chi connectivity index (χ1v) is 27.7. The van der Waals surface area contributed by atoms with Crippen LogP contribution in [0.1, 0.15) is 226 Å². The fourth-order valence-electron chi connectivity index (χ4n) is 6.98. The minimum Gasteiger partial charge on any atom is -0.462 e. The van der Waals surface area contributed by atoms with Crippen molar-refractivity contribution in [3.05, 3.63) is 134 Å². The minimum atomic E-state index is -0.844. The van der Waals surface area contributed by atoms with Crippen LogP contribution in [0.4, 0.5) is 0 Å². The molecule has 0 aromatic carbocycles. The second-order valence-corrected chi connectivity index (χ2v) is 17.7. The van der Waals surface area contributed by atoms with Crippen molar-refractivity contribution in [2.24, 2.45) is 0 Å². The molecule has 6 heteroatoms. The second kappa shape index (κ2) is 56.1. The Morgan fingerprint density at radius 1 is 0.304 bits per heavy atom. The van der Waals surface area contributed by atoms with Gasteiger partial charge in [0.1, 0.15) is 13.2 Å². The van der Waals surface area contributed by atoms with E-state index in [0.29, 0.717) is 19.3 Å². The smallest absolute Gasteiger partial charge is 0.306 e. The summed E-state index contributed by atoms with van der Waals surface area (Å²) < 4.78 is 16.7. The molecule has 0 N–H and O–H groups in total. The highest BCUT2D eigenvalue weighted by atomic mass is 16.6. The summed E-state index contributed by atoms with van der Waals surface area (Å²) in [6.07, 6.45) is 78.8. The third-order valence-corrected chi connectivity index (χ3v) is 11.1. The molecule has 0 unspecified atom stereocenters. The van der Waals surface area contributed by atoms with Crippen molar-refractivity contribution in [2.45, 2.75) is 232 Å². The highest BCUT2D eigenvalue weighted by molar-refractivity contribution is 5.71. The molecule has 0 aliphatic heterocycles. The van der Waals surface area contributed by atoms with Gasteiger partial charge in [0.25, 0.3) is 0 Å². The summed E-state index contributed by atoms with van der Waals surface area (Å²) in [4.78, 5) is 38.1. The number of carbonyl (C=O) groups is 3. The number of rotatable bonds is 48. The lowest BCUT2D eigenvalue weighted by molar-refractivity contribution is -0.166. The topological polar surface area (TPSA) is 78.9 Å². The van der Waals surface area contributed by atoms with Crippen molar-refractivity contribution >= 4 is 17.9 Å². The Morgan fingerprint density at radius 3 is 1.06 bits per heavy atom. The van der Waals surface area contributed by atoms with E-state index in [4.69, 9.17) is 14.2 Å². The lowest BCUT2D eigenvalue weighted by atomic mass is 10.1. The normalized spacial score (nSPS) is 13.1. The third kappa shape index (κ3) is 54.4. The quantitative estimate of drug-likeness (QED) is 0.0262. The fourth-order valence-corrected chi connectivity index (χ4v) is 6.98. The van der Waals surface area contributed by atoms with Crippen molar-refractivity contribution in [3.8, 4) is 0 Å². The van der Waals surface area contributed by atoms with Crippen LogP contribution in [0.2, 0.25) is 0 Å². The third-order valence-electron chi connectivity index (χ3n) is 11.1. The molecule has 0 saturated heterocycles. The molecule has 0 aliphatic carbocycles. The van der Waals surface area contributed by atoms with Gasteiger partial charge in [0.2, 0.25) is 0 Å². The molecule has 388 valence electrons. The zero-order valence-corrected chi connectivity index (χ0v) is 44.3. The SMILES string of the molecule is CC/C=C/C/C=C/C/C=C/C/C=C/C/C=C/C/C=C/CCC(=O)OC[C@@H](COC(=O)CCCCCCCCC/C=C/CCCCCC)OC(=O)CCC/C=C/C/C=C/C/C=C/C/C=C/CCCCC. The van der Waals surface area contributed by atoms with Crippen LogP contribution in [0.5, 0.6) is 0 Å². The van der Waals surface area contributed by atoms with E-state index in [1.54, 1.807) is 0 Å².